The highest BCUT2D eigenvalue weighted by Crippen LogP contribution is 2.44. The lowest BCUT2D eigenvalue weighted by Gasteiger charge is -2.28. The van der Waals surface area contributed by atoms with Crippen LogP contribution in [-0.2, 0) is 16.0 Å². The zero-order chi connectivity index (χ0) is 17.3. The molecule has 6 heteroatoms. The Balaban J connectivity index is 1.49. The standard InChI is InChI=1S/C19H25N3O3/c1-23-17-5-3-4-15(6-17)16-7-19(25-12-16)13-22(11-18(19)24-2)10-14-8-20-21-9-14/h3-6,8-9,16,18H,7,10-13H2,1-2H3,(H,20,21)/t16-,18+,19+/m0/s1. The SMILES string of the molecule is COc1cccc([C@@H]2CO[C@]3(C2)CN(Cc2cn[nH]c2)C[C@H]3OC)c1. The van der Waals surface area contributed by atoms with Gasteiger partial charge in [0.1, 0.15) is 11.4 Å². The molecule has 0 radical (unpaired) electrons. The van der Waals surface area contributed by atoms with Gasteiger partial charge >= 0.3 is 0 Å². The second-order valence-electron chi connectivity index (χ2n) is 7.05. The summed E-state index contributed by atoms with van der Waals surface area (Å²) in [6.45, 7) is 3.36. The molecule has 3 atom stereocenters. The van der Waals surface area contributed by atoms with Crippen LogP contribution in [0.2, 0.25) is 0 Å². The maximum Gasteiger partial charge on any atom is 0.119 e. The van der Waals surface area contributed by atoms with E-state index in [2.05, 4.69) is 27.2 Å². The number of aromatic amines is 1. The molecule has 6 nitrogen and oxygen atoms in total. The van der Waals surface area contributed by atoms with Crippen molar-refractivity contribution in [2.75, 3.05) is 33.9 Å². The van der Waals surface area contributed by atoms with Crippen LogP contribution < -0.4 is 4.74 Å². The molecule has 2 aliphatic rings. The zero-order valence-corrected chi connectivity index (χ0v) is 14.8. The highest BCUT2D eigenvalue weighted by Gasteiger charge is 2.52. The summed E-state index contributed by atoms with van der Waals surface area (Å²) in [4.78, 5) is 2.40. The van der Waals surface area contributed by atoms with E-state index in [0.717, 1.165) is 38.4 Å². The van der Waals surface area contributed by atoms with Gasteiger partial charge in [0, 0.05) is 44.4 Å². The van der Waals surface area contributed by atoms with Crippen LogP contribution >= 0.6 is 0 Å². The molecular formula is C19H25N3O3. The molecule has 1 aromatic heterocycles. The summed E-state index contributed by atoms with van der Waals surface area (Å²) in [7, 11) is 3.49. The van der Waals surface area contributed by atoms with E-state index < -0.39 is 0 Å². The lowest BCUT2D eigenvalue weighted by molar-refractivity contribution is -0.0757. The molecular weight excluding hydrogens is 318 g/mol. The predicted molar refractivity (Wildman–Crippen MR) is 93.7 cm³/mol. The van der Waals surface area contributed by atoms with Crippen LogP contribution in [0.3, 0.4) is 0 Å². The number of methoxy groups -OCH3 is 2. The van der Waals surface area contributed by atoms with Crippen LogP contribution in [0.15, 0.2) is 36.7 Å². The number of likely N-dealkylation sites (tertiary alicyclic amines) is 1. The molecule has 0 bridgehead atoms. The predicted octanol–water partition coefficient (Wildman–Crippen LogP) is 2.19. The first-order valence-electron chi connectivity index (χ1n) is 8.73. The quantitative estimate of drug-likeness (QED) is 0.902. The second-order valence-corrected chi connectivity index (χ2v) is 7.05. The summed E-state index contributed by atoms with van der Waals surface area (Å²) in [6.07, 6.45) is 4.89. The monoisotopic (exact) mass is 343 g/mol. The lowest BCUT2D eigenvalue weighted by Crippen LogP contribution is -2.42. The van der Waals surface area contributed by atoms with Crippen molar-refractivity contribution in [3.05, 3.63) is 47.8 Å². The fraction of sp³-hybridized carbons (Fsp3) is 0.526. The average molecular weight is 343 g/mol. The number of ether oxygens (including phenoxy) is 3. The van der Waals surface area contributed by atoms with Crippen molar-refractivity contribution in [1.29, 1.82) is 0 Å². The van der Waals surface area contributed by atoms with E-state index in [9.17, 15) is 0 Å². The smallest absolute Gasteiger partial charge is 0.119 e. The number of hydrogen-bond acceptors (Lipinski definition) is 5. The van der Waals surface area contributed by atoms with E-state index in [-0.39, 0.29) is 11.7 Å². The third kappa shape index (κ3) is 3.17. The highest BCUT2D eigenvalue weighted by atomic mass is 16.6. The molecule has 2 aliphatic heterocycles. The van der Waals surface area contributed by atoms with Crippen LogP contribution in [0.4, 0.5) is 0 Å². The molecule has 1 N–H and O–H groups in total. The summed E-state index contributed by atoms with van der Waals surface area (Å²) in [5.74, 6) is 1.27. The topological polar surface area (TPSA) is 59.6 Å². The second kappa shape index (κ2) is 6.78. The van der Waals surface area contributed by atoms with Gasteiger partial charge in [0.15, 0.2) is 0 Å². The van der Waals surface area contributed by atoms with Crippen LogP contribution in [0.1, 0.15) is 23.5 Å². The molecule has 25 heavy (non-hydrogen) atoms. The van der Waals surface area contributed by atoms with Crippen LogP contribution in [0.5, 0.6) is 5.75 Å². The molecule has 0 saturated carbocycles. The largest absolute Gasteiger partial charge is 0.497 e. The number of nitrogens with one attached hydrogen (secondary N) is 1. The Labute approximate surface area is 148 Å². The van der Waals surface area contributed by atoms with E-state index >= 15 is 0 Å². The van der Waals surface area contributed by atoms with E-state index in [1.807, 2.05) is 24.5 Å². The number of nitrogens with zero attached hydrogens (tertiary/aromatic N) is 2. The average Bonchev–Trinajstić information content (AvgIpc) is 3.37. The Bertz CT molecular complexity index is 706. The van der Waals surface area contributed by atoms with Crippen molar-refractivity contribution in [3.63, 3.8) is 0 Å². The molecule has 1 spiro atoms. The Morgan fingerprint density at radius 1 is 1.40 bits per heavy atom. The Hall–Kier alpha value is -1.89. The lowest BCUT2D eigenvalue weighted by atomic mass is 9.87. The minimum absolute atomic E-state index is 0.0926. The summed E-state index contributed by atoms with van der Waals surface area (Å²) < 4.78 is 17.5. The molecule has 2 aromatic rings. The first-order chi connectivity index (χ1) is 12.2. The Morgan fingerprint density at radius 3 is 3.08 bits per heavy atom. The van der Waals surface area contributed by atoms with Gasteiger partial charge in [0.2, 0.25) is 0 Å². The van der Waals surface area contributed by atoms with Gasteiger partial charge < -0.3 is 14.2 Å². The van der Waals surface area contributed by atoms with Gasteiger partial charge in [-0.2, -0.15) is 5.10 Å². The minimum Gasteiger partial charge on any atom is -0.497 e. The van der Waals surface area contributed by atoms with Crippen LogP contribution in [-0.4, -0.2) is 60.7 Å². The minimum atomic E-state index is -0.230. The highest BCUT2D eigenvalue weighted by molar-refractivity contribution is 5.32. The van der Waals surface area contributed by atoms with Crippen molar-refractivity contribution in [1.82, 2.24) is 15.1 Å². The maximum absolute atomic E-state index is 6.36. The van der Waals surface area contributed by atoms with Crippen LogP contribution in [0.25, 0.3) is 0 Å². The van der Waals surface area contributed by atoms with Gasteiger partial charge in [0.05, 0.1) is 26.0 Å². The van der Waals surface area contributed by atoms with E-state index in [1.54, 1.807) is 14.2 Å². The van der Waals surface area contributed by atoms with E-state index in [4.69, 9.17) is 14.2 Å². The number of rotatable bonds is 5. The summed E-state index contributed by atoms with van der Waals surface area (Å²) in [5.41, 5.74) is 2.24. The van der Waals surface area contributed by atoms with Crippen molar-refractivity contribution in [2.24, 2.45) is 0 Å². The first-order valence-corrected chi connectivity index (χ1v) is 8.73. The summed E-state index contributed by atoms with van der Waals surface area (Å²) in [6, 6.07) is 8.31. The fourth-order valence-corrected chi connectivity index (χ4v) is 4.22. The molecule has 2 saturated heterocycles. The number of benzene rings is 1. The third-order valence-corrected chi connectivity index (χ3v) is 5.48. The molecule has 0 unspecified atom stereocenters. The van der Waals surface area contributed by atoms with Gasteiger partial charge in [-0.1, -0.05) is 12.1 Å². The van der Waals surface area contributed by atoms with Crippen molar-refractivity contribution < 1.29 is 14.2 Å². The Kier molecular flexibility index (Phi) is 4.50. The zero-order valence-electron chi connectivity index (χ0n) is 14.8. The normalized spacial score (nSPS) is 29.5. The molecule has 0 aliphatic carbocycles. The number of H-pyrrole nitrogens is 1. The van der Waals surface area contributed by atoms with Gasteiger partial charge in [-0.25, -0.2) is 0 Å². The van der Waals surface area contributed by atoms with Crippen molar-refractivity contribution in [2.45, 2.75) is 30.6 Å². The van der Waals surface area contributed by atoms with Crippen molar-refractivity contribution in [3.8, 4) is 5.75 Å². The number of hydrogen-bond donors (Lipinski definition) is 1. The van der Waals surface area contributed by atoms with Gasteiger partial charge in [0.25, 0.3) is 0 Å². The van der Waals surface area contributed by atoms with E-state index in [0.29, 0.717) is 5.92 Å². The van der Waals surface area contributed by atoms with E-state index in [1.165, 1.54) is 11.1 Å². The Morgan fingerprint density at radius 2 is 2.32 bits per heavy atom. The summed E-state index contributed by atoms with van der Waals surface area (Å²) in [5, 5.41) is 6.91. The molecule has 4 rings (SSSR count). The number of aromatic nitrogens is 2. The maximum atomic E-state index is 6.36. The molecule has 0 amide bonds. The fourth-order valence-electron chi connectivity index (χ4n) is 4.22. The van der Waals surface area contributed by atoms with Gasteiger partial charge in [-0.15, -0.1) is 0 Å². The first kappa shape index (κ1) is 16.6. The van der Waals surface area contributed by atoms with Crippen molar-refractivity contribution >= 4 is 0 Å². The summed E-state index contributed by atoms with van der Waals surface area (Å²) >= 11 is 0. The molecule has 134 valence electrons. The van der Waals surface area contributed by atoms with Crippen LogP contribution in [0, 0.1) is 0 Å². The molecule has 1 aromatic carbocycles. The molecule has 3 heterocycles. The van der Waals surface area contributed by atoms with Gasteiger partial charge in [-0.3, -0.25) is 10.00 Å². The molecule has 2 fully saturated rings. The van der Waals surface area contributed by atoms with Gasteiger partial charge in [-0.05, 0) is 24.1 Å². The third-order valence-electron chi connectivity index (χ3n) is 5.48.